The number of likely N-dealkylation sites (N-methyl/N-ethyl adjacent to an activating group) is 1. The summed E-state index contributed by atoms with van der Waals surface area (Å²) in [5, 5.41) is 14.7. The second kappa shape index (κ2) is 8.60. The third-order valence-electron chi connectivity index (χ3n) is 5.32. The maximum atomic E-state index is 12.9. The summed E-state index contributed by atoms with van der Waals surface area (Å²) in [5.74, 6) is -0.619. The average Bonchev–Trinajstić information content (AvgIpc) is 3.12. The summed E-state index contributed by atoms with van der Waals surface area (Å²) < 4.78 is 5.30. The summed E-state index contributed by atoms with van der Waals surface area (Å²) in [6, 6.07) is 10.8. The van der Waals surface area contributed by atoms with Crippen molar-refractivity contribution in [3.05, 3.63) is 69.9 Å². The van der Waals surface area contributed by atoms with E-state index in [9.17, 15) is 19.7 Å². The van der Waals surface area contributed by atoms with E-state index in [1.807, 2.05) is 6.07 Å². The van der Waals surface area contributed by atoms with Crippen molar-refractivity contribution in [2.45, 2.75) is 6.61 Å². The number of hydrogen-bond acceptors (Lipinski definition) is 6. The van der Waals surface area contributed by atoms with E-state index in [-0.39, 0.29) is 23.9 Å². The second-order valence-electron chi connectivity index (χ2n) is 7.35. The zero-order valence-corrected chi connectivity index (χ0v) is 17.6. The Morgan fingerprint density at radius 2 is 2.00 bits per heavy atom. The molecule has 0 atom stereocenters. The summed E-state index contributed by atoms with van der Waals surface area (Å²) in [6.07, 6.45) is 1.62. The van der Waals surface area contributed by atoms with Crippen molar-refractivity contribution in [3.63, 3.8) is 0 Å². The normalized spacial score (nSPS) is 13.6. The van der Waals surface area contributed by atoms with Crippen LogP contribution in [0.15, 0.2) is 48.7 Å². The van der Waals surface area contributed by atoms with E-state index in [4.69, 9.17) is 4.74 Å². The molecule has 1 saturated heterocycles. The lowest BCUT2D eigenvalue weighted by Crippen LogP contribution is -2.30. The Morgan fingerprint density at radius 1 is 1.22 bits per heavy atom. The largest absolute Gasteiger partial charge is 0.380 e. The van der Waals surface area contributed by atoms with Crippen LogP contribution in [0.4, 0.5) is 21.9 Å². The van der Waals surface area contributed by atoms with Crippen LogP contribution in [-0.2, 0) is 11.3 Å². The predicted octanol–water partition coefficient (Wildman–Crippen LogP) is 3.41. The highest BCUT2D eigenvalue weighted by molar-refractivity contribution is 6.13. The minimum atomic E-state index is -0.619. The Hall–Kier alpha value is -4.05. The molecule has 1 aliphatic heterocycles. The number of pyridine rings is 1. The zero-order valence-electron chi connectivity index (χ0n) is 17.6. The van der Waals surface area contributed by atoms with E-state index in [0.29, 0.717) is 35.4 Å². The lowest BCUT2D eigenvalue weighted by Gasteiger charge is -2.22. The molecule has 0 unspecified atom stereocenters. The lowest BCUT2D eigenvalue weighted by molar-refractivity contribution is -0.385. The van der Waals surface area contributed by atoms with Gasteiger partial charge >= 0.3 is 6.03 Å². The second-order valence-corrected chi connectivity index (χ2v) is 7.35. The fourth-order valence-corrected chi connectivity index (χ4v) is 3.80. The first-order valence-electron chi connectivity index (χ1n) is 9.89. The minimum Gasteiger partial charge on any atom is -0.380 e. The number of para-hydroxylation sites is 2. The number of benzene rings is 2. The van der Waals surface area contributed by atoms with Gasteiger partial charge in [0, 0.05) is 50.5 Å². The van der Waals surface area contributed by atoms with Gasteiger partial charge in [0.25, 0.3) is 11.6 Å². The Morgan fingerprint density at radius 3 is 2.69 bits per heavy atom. The number of urea groups is 1. The van der Waals surface area contributed by atoms with Gasteiger partial charge in [0.2, 0.25) is 0 Å². The number of nitrogens with zero attached hydrogens (tertiary/aromatic N) is 4. The minimum absolute atomic E-state index is 0.0536. The molecule has 4 rings (SSSR count). The maximum Gasteiger partial charge on any atom is 0.324 e. The highest BCUT2D eigenvalue weighted by atomic mass is 16.6. The topological polar surface area (TPSA) is 118 Å². The summed E-state index contributed by atoms with van der Waals surface area (Å²) in [5.41, 5.74) is 1.93. The Labute approximate surface area is 183 Å². The molecular weight excluding hydrogens is 414 g/mol. The number of nitro groups is 1. The number of fused-ring (bicyclic) bond motifs is 1. The third kappa shape index (κ3) is 3.71. The Kier molecular flexibility index (Phi) is 5.69. The summed E-state index contributed by atoms with van der Waals surface area (Å²) >= 11 is 0. The van der Waals surface area contributed by atoms with Gasteiger partial charge in [0.05, 0.1) is 28.4 Å². The molecule has 0 radical (unpaired) electrons. The van der Waals surface area contributed by atoms with Crippen LogP contribution >= 0.6 is 0 Å². The number of amides is 3. The molecule has 0 saturated carbocycles. The van der Waals surface area contributed by atoms with Crippen molar-refractivity contribution in [2.24, 2.45) is 0 Å². The van der Waals surface area contributed by atoms with E-state index in [0.717, 1.165) is 5.56 Å². The van der Waals surface area contributed by atoms with Gasteiger partial charge in [-0.15, -0.1) is 0 Å². The molecule has 2 heterocycles. The van der Waals surface area contributed by atoms with Gasteiger partial charge in [-0.2, -0.15) is 0 Å². The molecule has 10 heteroatoms. The first kappa shape index (κ1) is 21.2. The zero-order chi connectivity index (χ0) is 22.8. The number of anilines is 2. The summed E-state index contributed by atoms with van der Waals surface area (Å²) in [4.78, 5) is 44.1. The van der Waals surface area contributed by atoms with Gasteiger partial charge in [-0.05, 0) is 12.1 Å². The molecule has 10 nitrogen and oxygen atoms in total. The van der Waals surface area contributed by atoms with Crippen LogP contribution in [0.5, 0.6) is 0 Å². The van der Waals surface area contributed by atoms with Gasteiger partial charge < -0.3 is 15.0 Å². The third-order valence-corrected chi connectivity index (χ3v) is 5.32. The molecule has 0 aliphatic carbocycles. The predicted molar refractivity (Wildman–Crippen MR) is 119 cm³/mol. The van der Waals surface area contributed by atoms with Gasteiger partial charge in [-0.25, -0.2) is 4.79 Å². The Bertz CT molecular complexity index is 1230. The van der Waals surface area contributed by atoms with Crippen molar-refractivity contribution in [1.29, 1.82) is 0 Å². The van der Waals surface area contributed by atoms with Crippen LogP contribution in [0.3, 0.4) is 0 Å². The molecule has 0 spiro atoms. The molecule has 32 heavy (non-hydrogen) atoms. The number of ether oxygens (including phenoxy) is 1. The van der Waals surface area contributed by atoms with Crippen LogP contribution in [0.2, 0.25) is 0 Å². The van der Waals surface area contributed by atoms with Crippen molar-refractivity contribution in [3.8, 4) is 0 Å². The SMILES string of the molecule is COCc1cnc2c(NC(=O)c3ccccc3[N+](=O)[O-])cccc2c1N1CCN(C)C1=O. The first-order valence-corrected chi connectivity index (χ1v) is 9.89. The van der Waals surface area contributed by atoms with E-state index in [1.165, 1.54) is 18.2 Å². The lowest BCUT2D eigenvalue weighted by atomic mass is 10.1. The average molecular weight is 435 g/mol. The van der Waals surface area contributed by atoms with Crippen LogP contribution in [-0.4, -0.2) is 54.0 Å². The van der Waals surface area contributed by atoms with Gasteiger partial charge in [-0.1, -0.05) is 24.3 Å². The molecule has 3 aromatic rings. The van der Waals surface area contributed by atoms with Crippen LogP contribution in [0.1, 0.15) is 15.9 Å². The molecule has 1 fully saturated rings. The number of carbonyl (C=O) groups is 2. The standard InChI is InChI=1S/C22H21N5O5/c1-25-10-11-26(22(25)29)20-14(13-32-2)12-23-19-16(20)7-5-8-17(19)24-21(28)15-6-3-4-9-18(15)27(30)31/h3-9,12H,10-11,13H2,1-2H3,(H,24,28). The number of rotatable bonds is 6. The van der Waals surface area contributed by atoms with Crippen molar-refractivity contribution in [1.82, 2.24) is 9.88 Å². The molecule has 164 valence electrons. The fourth-order valence-electron chi connectivity index (χ4n) is 3.80. The molecule has 0 bridgehead atoms. The van der Waals surface area contributed by atoms with Crippen molar-refractivity contribution >= 4 is 39.9 Å². The molecule has 1 aromatic heterocycles. The van der Waals surface area contributed by atoms with E-state index in [2.05, 4.69) is 10.3 Å². The fraction of sp³-hybridized carbons (Fsp3) is 0.227. The summed E-state index contributed by atoms with van der Waals surface area (Å²) in [6.45, 7) is 1.36. The number of nitrogens with one attached hydrogen (secondary N) is 1. The molecule has 3 amide bonds. The molecule has 1 aliphatic rings. The van der Waals surface area contributed by atoms with E-state index < -0.39 is 10.8 Å². The van der Waals surface area contributed by atoms with E-state index in [1.54, 1.807) is 48.4 Å². The van der Waals surface area contributed by atoms with Gasteiger partial charge in [0.15, 0.2) is 0 Å². The van der Waals surface area contributed by atoms with Crippen LogP contribution in [0.25, 0.3) is 10.9 Å². The number of hydrogen-bond donors (Lipinski definition) is 1. The monoisotopic (exact) mass is 435 g/mol. The number of methoxy groups -OCH3 is 1. The van der Waals surface area contributed by atoms with Crippen LogP contribution in [0, 0.1) is 10.1 Å². The Balaban J connectivity index is 1.80. The first-order chi connectivity index (χ1) is 15.4. The molecule has 1 N–H and O–H groups in total. The number of carbonyl (C=O) groups excluding carboxylic acids is 2. The van der Waals surface area contributed by atoms with Crippen molar-refractivity contribution < 1.29 is 19.2 Å². The number of nitro benzene ring substituents is 1. The van der Waals surface area contributed by atoms with Gasteiger partial charge in [-0.3, -0.25) is 24.8 Å². The van der Waals surface area contributed by atoms with E-state index >= 15 is 0 Å². The molecular formula is C22H21N5O5. The highest BCUT2D eigenvalue weighted by Crippen LogP contribution is 2.35. The van der Waals surface area contributed by atoms with Gasteiger partial charge in [0.1, 0.15) is 5.56 Å². The number of aromatic nitrogens is 1. The molecule has 2 aromatic carbocycles. The van der Waals surface area contributed by atoms with Crippen molar-refractivity contribution in [2.75, 3.05) is 37.5 Å². The van der Waals surface area contributed by atoms with Crippen LogP contribution < -0.4 is 10.2 Å². The highest BCUT2D eigenvalue weighted by Gasteiger charge is 2.30. The maximum absolute atomic E-state index is 12.9. The quantitative estimate of drug-likeness (QED) is 0.468. The smallest absolute Gasteiger partial charge is 0.324 e. The summed E-state index contributed by atoms with van der Waals surface area (Å²) in [7, 11) is 3.30.